The second-order valence-electron chi connectivity index (χ2n) is 4.29. The van der Waals surface area contributed by atoms with Gasteiger partial charge in [-0.1, -0.05) is 0 Å². The smallest absolute Gasteiger partial charge is 0.232 e. The summed E-state index contributed by atoms with van der Waals surface area (Å²) in [5, 5.41) is 0.551. The van der Waals surface area contributed by atoms with E-state index in [2.05, 4.69) is 9.97 Å². The van der Waals surface area contributed by atoms with Crippen LogP contribution in [-0.4, -0.2) is 47.7 Å². The van der Waals surface area contributed by atoms with E-state index in [0.29, 0.717) is 42.9 Å². The Balaban J connectivity index is 1.91. The average molecular weight is 264 g/mol. The van der Waals surface area contributed by atoms with Crippen molar-refractivity contribution in [3.63, 3.8) is 0 Å². The highest BCUT2D eigenvalue weighted by atomic mass is 32.1. The molecule has 0 radical (unpaired) electrons. The highest BCUT2D eigenvalue weighted by Crippen LogP contribution is 2.26. The van der Waals surface area contributed by atoms with E-state index in [1.807, 2.05) is 4.90 Å². The van der Waals surface area contributed by atoms with Crippen molar-refractivity contribution >= 4 is 34.9 Å². The van der Waals surface area contributed by atoms with Gasteiger partial charge < -0.3 is 9.64 Å². The van der Waals surface area contributed by atoms with Crippen LogP contribution >= 0.6 is 12.2 Å². The zero-order chi connectivity index (χ0) is 12.7. The van der Waals surface area contributed by atoms with Crippen LogP contribution in [0.3, 0.4) is 0 Å². The number of nitrogens with zero attached hydrogens (tertiary/aromatic N) is 4. The first-order valence-electron chi connectivity index (χ1n) is 5.68. The molecule has 0 saturated carbocycles. The quantitative estimate of drug-likeness (QED) is 0.673. The first-order valence-corrected chi connectivity index (χ1v) is 6.09. The van der Waals surface area contributed by atoms with Crippen molar-refractivity contribution in [3.05, 3.63) is 11.8 Å². The molecule has 1 saturated heterocycles. The topological polar surface area (TPSA) is 58.6 Å². The number of fused-ring (bicyclic) bond motifs is 1. The summed E-state index contributed by atoms with van der Waals surface area (Å²) in [6, 6.07) is 0. The molecule has 1 amide bonds. The number of rotatable bonds is 1. The first kappa shape index (κ1) is 11.3. The van der Waals surface area contributed by atoms with Gasteiger partial charge in [0.2, 0.25) is 11.9 Å². The van der Waals surface area contributed by atoms with Crippen LogP contribution in [0, 0.1) is 0 Å². The van der Waals surface area contributed by atoms with Gasteiger partial charge >= 0.3 is 0 Å². The van der Waals surface area contributed by atoms with Gasteiger partial charge in [0.15, 0.2) is 5.05 Å². The maximum Gasteiger partial charge on any atom is 0.232 e. The van der Waals surface area contributed by atoms with Crippen LogP contribution in [0.2, 0.25) is 0 Å². The summed E-state index contributed by atoms with van der Waals surface area (Å²) in [6.07, 6.45) is 2.10. The summed E-state index contributed by atoms with van der Waals surface area (Å²) >= 11 is 5.04. The molecule has 94 valence electrons. The predicted octanol–water partition coefficient (Wildman–Crippen LogP) is 0.159. The van der Waals surface area contributed by atoms with Crippen LogP contribution < -0.4 is 9.80 Å². The van der Waals surface area contributed by atoms with Crippen molar-refractivity contribution in [3.8, 4) is 0 Å². The SMILES string of the molecule is CN1C(=O)Cc2cnc(N3CCOC(=S)C3)nc21. The van der Waals surface area contributed by atoms with Crippen molar-refractivity contribution in [2.24, 2.45) is 0 Å². The van der Waals surface area contributed by atoms with Crippen molar-refractivity contribution in [2.75, 3.05) is 36.5 Å². The largest absolute Gasteiger partial charge is 0.483 e. The van der Waals surface area contributed by atoms with E-state index in [9.17, 15) is 4.79 Å². The molecule has 1 aromatic heterocycles. The lowest BCUT2D eigenvalue weighted by Crippen LogP contribution is -2.40. The molecular weight excluding hydrogens is 252 g/mol. The molecule has 0 aliphatic carbocycles. The van der Waals surface area contributed by atoms with Gasteiger partial charge in [0, 0.05) is 18.8 Å². The number of aromatic nitrogens is 2. The summed E-state index contributed by atoms with van der Waals surface area (Å²) in [5.41, 5.74) is 0.877. The highest BCUT2D eigenvalue weighted by molar-refractivity contribution is 7.80. The Kier molecular flexibility index (Phi) is 2.62. The normalized spacial score (nSPS) is 18.9. The molecule has 6 nitrogen and oxygen atoms in total. The van der Waals surface area contributed by atoms with Gasteiger partial charge in [-0.25, -0.2) is 4.98 Å². The number of hydrogen-bond donors (Lipinski definition) is 0. The number of carbonyl (C=O) groups excluding carboxylic acids is 1. The van der Waals surface area contributed by atoms with Crippen LogP contribution in [0.25, 0.3) is 0 Å². The number of amides is 1. The van der Waals surface area contributed by atoms with E-state index in [0.717, 1.165) is 5.56 Å². The minimum absolute atomic E-state index is 0.0500. The van der Waals surface area contributed by atoms with Gasteiger partial charge in [-0.2, -0.15) is 4.98 Å². The monoisotopic (exact) mass is 264 g/mol. The fourth-order valence-corrected chi connectivity index (χ4v) is 2.32. The summed E-state index contributed by atoms with van der Waals surface area (Å²) in [5.74, 6) is 1.34. The zero-order valence-electron chi connectivity index (χ0n) is 9.92. The maximum atomic E-state index is 11.6. The molecule has 1 aromatic rings. The molecular formula is C11H12N4O2S. The molecule has 2 aliphatic rings. The molecule has 3 heterocycles. The molecule has 18 heavy (non-hydrogen) atoms. The molecule has 1 fully saturated rings. The van der Waals surface area contributed by atoms with Crippen molar-refractivity contribution in [1.29, 1.82) is 0 Å². The van der Waals surface area contributed by atoms with E-state index < -0.39 is 0 Å². The van der Waals surface area contributed by atoms with Crippen molar-refractivity contribution in [1.82, 2.24) is 9.97 Å². The Morgan fingerprint density at radius 1 is 1.50 bits per heavy atom. The summed E-state index contributed by atoms with van der Waals surface area (Å²) in [7, 11) is 1.73. The second-order valence-corrected chi connectivity index (χ2v) is 4.75. The third-order valence-corrected chi connectivity index (χ3v) is 3.34. The van der Waals surface area contributed by atoms with Crippen molar-refractivity contribution in [2.45, 2.75) is 6.42 Å². The summed E-state index contributed by atoms with van der Waals surface area (Å²) in [6.45, 7) is 1.77. The highest BCUT2D eigenvalue weighted by Gasteiger charge is 2.27. The van der Waals surface area contributed by atoms with Gasteiger partial charge in [-0.15, -0.1) is 0 Å². The lowest BCUT2D eigenvalue weighted by atomic mass is 10.3. The van der Waals surface area contributed by atoms with Gasteiger partial charge in [0.25, 0.3) is 0 Å². The maximum absolute atomic E-state index is 11.6. The van der Waals surface area contributed by atoms with E-state index in [1.54, 1.807) is 18.1 Å². The van der Waals surface area contributed by atoms with Gasteiger partial charge in [-0.3, -0.25) is 9.69 Å². The number of likely N-dealkylation sites (N-methyl/N-ethyl adjacent to an activating group) is 1. The molecule has 3 rings (SSSR count). The standard InChI is InChI=1S/C11H12N4O2S/c1-14-8(16)4-7-5-12-11(13-10(7)14)15-2-3-17-9(18)6-15/h5H,2-4,6H2,1H3. The fourth-order valence-electron chi connectivity index (χ4n) is 2.08. The van der Waals surface area contributed by atoms with Crippen LogP contribution in [0.1, 0.15) is 5.56 Å². The number of anilines is 2. The van der Waals surface area contributed by atoms with Crippen LogP contribution in [-0.2, 0) is 16.0 Å². The van der Waals surface area contributed by atoms with Crippen LogP contribution in [0.5, 0.6) is 0 Å². The van der Waals surface area contributed by atoms with Crippen LogP contribution in [0.15, 0.2) is 6.20 Å². The molecule has 7 heteroatoms. The third kappa shape index (κ3) is 1.80. The Labute approximate surface area is 110 Å². The number of morpholine rings is 1. The fraction of sp³-hybridized carbons (Fsp3) is 0.455. The minimum atomic E-state index is 0.0500. The lowest BCUT2D eigenvalue weighted by Gasteiger charge is -2.27. The minimum Gasteiger partial charge on any atom is -0.483 e. The van der Waals surface area contributed by atoms with E-state index in [-0.39, 0.29) is 5.91 Å². The van der Waals surface area contributed by atoms with Crippen molar-refractivity contribution < 1.29 is 9.53 Å². The number of ether oxygens (including phenoxy) is 1. The van der Waals surface area contributed by atoms with E-state index in [4.69, 9.17) is 17.0 Å². The molecule has 0 N–H and O–H groups in total. The first-order chi connectivity index (χ1) is 8.65. The Morgan fingerprint density at radius 2 is 2.33 bits per heavy atom. The Bertz CT molecular complexity index is 534. The lowest BCUT2D eigenvalue weighted by molar-refractivity contribution is -0.117. The molecule has 0 bridgehead atoms. The van der Waals surface area contributed by atoms with E-state index >= 15 is 0 Å². The third-order valence-electron chi connectivity index (χ3n) is 3.09. The zero-order valence-corrected chi connectivity index (χ0v) is 10.7. The molecule has 0 unspecified atom stereocenters. The second kappa shape index (κ2) is 4.16. The number of carbonyl (C=O) groups is 1. The summed E-state index contributed by atoms with van der Waals surface area (Å²) in [4.78, 5) is 23.8. The number of thiocarbonyl (C=S) groups is 1. The number of hydrogen-bond acceptors (Lipinski definition) is 6. The Morgan fingerprint density at radius 3 is 3.11 bits per heavy atom. The molecule has 0 spiro atoms. The average Bonchev–Trinajstić information content (AvgIpc) is 2.65. The molecule has 0 atom stereocenters. The van der Waals surface area contributed by atoms with Gasteiger partial charge in [0.1, 0.15) is 12.4 Å². The molecule has 0 aromatic carbocycles. The van der Waals surface area contributed by atoms with E-state index in [1.165, 1.54) is 0 Å². The van der Waals surface area contributed by atoms with Crippen LogP contribution in [0.4, 0.5) is 11.8 Å². The van der Waals surface area contributed by atoms with Gasteiger partial charge in [-0.05, 0) is 12.2 Å². The molecule has 2 aliphatic heterocycles. The predicted molar refractivity (Wildman–Crippen MR) is 69.9 cm³/mol. The summed E-state index contributed by atoms with van der Waals surface area (Å²) < 4.78 is 5.23. The Hall–Kier alpha value is -1.76. The van der Waals surface area contributed by atoms with Gasteiger partial charge in [0.05, 0.1) is 19.5 Å².